The summed E-state index contributed by atoms with van der Waals surface area (Å²) in [7, 11) is 0. The highest BCUT2D eigenvalue weighted by Crippen LogP contribution is 2.42. The summed E-state index contributed by atoms with van der Waals surface area (Å²) in [6.07, 6.45) is 4.71. The van der Waals surface area contributed by atoms with Gasteiger partial charge in [0.1, 0.15) is 0 Å². The topological polar surface area (TPSA) is 20.3 Å². The van der Waals surface area contributed by atoms with Gasteiger partial charge in [0.15, 0.2) is 0 Å². The number of rotatable bonds is 1. The average Bonchev–Trinajstić information content (AvgIpc) is 2.62. The maximum Gasteiger partial charge on any atom is 0.219 e. The molecule has 0 aliphatic carbocycles. The van der Waals surface area contributed by atoms with Gasteiger partial charge in [-0.15, -0.1) is 0 Å². The molecule has 2 unspecified atom stereocenters. The van der Waals surface area contributed by atoms with Gasteiger partial charge >= 0.3 is 0 Å². The molecular weight excluding hydrogens is 210 g/mol. The van der Waals surface area contributed by atoms with Crippen LogP contribution in [0.1, 0.15) is 44.1 Å². The van der Waals surface area contributed by atoms with Crippen LogP contribution in [0.5, 0.6) is 0 Å². The Balaban J connectivity index is 1.80. The molecule has 2 aliphatic heterocycles. The molecule has 0 spiro atoms. The van der Waals surface area contributed by atoms with Crippen molar-refractivity contribution in [3.05, 3.63) is 35.9 Å². The quantitative estimate of drug-likeness (QED) is 0.725. The van der Waals surface area contributed by atoms with Gasteiger partial charge in [-0.25, -0.2) is 0 Å². The second kappa shape index (κ2) is 4.17. The monoisotopic (exact) mass is 229 g/mol. The van der Waals surface area contributed by atoms with Crippen LogP contribution in [-0.4, -0.2) is 22.9 Å². The van der Waals surface area contributed by atoms with Crippen LogP contribution in [0.4, 0.5) is 0 Å². The summed E-state index contributed by atoms with van der Waals surface area (Å²) in [6.45, 7) is 1.72. The largest absolute Gasteiger partial charge is 0.337 e. The van der Waals surface area contributed by atoms with E-state index in [1.165, 1.54) is 18.4 Å². The number of amides is 1. The van der Waals surface area contributed by atoms with Crippen molar-refractivity contribution < 1.29 is 4.79 Å². The zero-order valence-corrected chi connectivity index (χ0v) is 10.3. The number of carbonyl (C=O) groups excluding carboxylic acids is 1. The molecule has 90 valence electrons. The van der Waals surface area contributed by atoms with Gasteiger partial charge in [0, 0.05) is 19.0 Å². The molecular formula is C15H19NO. The Kier molecular flexibility index (Phi) is 2.65. The Morgan fingerprint density at radius 3 is 2.24 bits per heavy atom. The first-order valence-electron chi connectivity index (χ1n) is 6.59. The smallest absolute Gasteiger partial charge is 0.219 e. The van der Waals surface area contributed by atoms with Gasteiger partial charge in [-0.2, -0.15) is 0 Å². The van der Waals surface area contributed by atoms with Crippen LogP contribution in [0.15, 0.2) is 30.3 Å². The molecule has 0 N–H and O–H groups in total. The molecule has 2 atom stereocenters. The molecule has 2 heteroatoms. The van der Waals surface area contributed by atoms with E-state index in [2.05, 4.69) is 35.2 Å². The summed E-state index contributed by atoms with van der Waals surface area (Å²) in [4.78, 5) is 13.8. The first-order chi connectivity index (χ1) is 8.25. The third kappa shape index (κ3) is 1.86. The van der Waals surface area contributed by atoms with E-state index in [1.807, 2.05) is 0 Å². The summed E-state index contributed by atoms with van der Waals surface area (Å²) in [6, 6.07) is 11.8. The van der Waals surface area contributed by atoms with Crippen LogP contribution in [0.3, 0.4) is 0 Å². The fraction of sp³-hybridized carbons (Fsp3) is 0.533. The number of hydrogen-bond acceptors (Lipinski definition) is 1. The Morgan fingerprint density at radius 1 is 1.12 bits per heavy atom. The van der Waals surface area contributed by atoms with E-state index in [9.17, 15) is 4.79 Å². The molecule has 0 saturated carbocycles. The second-order valence-corrected chi connectivity index (χ2v) is 5.39. The molecule has 1 amide bonds. The molecule has 1 aromatic rings. The molecule has 2 nitrogen and oxygen atoms in total. The van der Waals surface area contributed by atoms with E-state index in [-0.39, 0.29) is 5.91 Å². The number of nitrogens with zero attached hydrogens (tertiary/aromatic N) is 1. The lowest BCUT2D eigenvalue weighted by molar-refractivity contribution is -0.133. The fourth-order valence-electron chi connectivity index (χ4n) is 3.69. The number of benzene rings is 1. The fourth-order valence-corrected chi connectivity index (χ4v) is 3.69. The van der Waals surface area contributed by atoms with Gasteiger partial charge in [0.25, 0.3) is 0 Å². The van der Waals surface area contributed by atoms with E-state index in [1.54, 1.807) is 6.92 Å². The summed E-state index contributed by atoms with van der Waals surface area (Å²) >= 11 is 0. The normalized spacial score (nSPS) is 31.6. The standard InChI is InChI=1S/C15H19NO/c1-11(17)16-14-7-8-15(16)10-13(9-14)12-5-3-2-4-6-12/h2-6,13-15H,7-10H2,1H3. The maximum atomic E-state index is 11.6. The molecule has 1 aromatic carbocycles. The van der Waals surface area contributed by atoms with Crippen molar-refractivity contribution in [3.63, 3.8) is 0 Å². The molecule has 2 saturated heterocycles. The number of piperidine rings is 1. The van der Waals surface area contributed by atoms with E-state index in [0.717, 1.165) is 12.8 Å². The predicted octanol–water partition coefficient (Wildman–Crippen LogP) is 2.94. The lowest BCUT2D eigenvalue weighted by Gasteiger charge is -2.38. The van der Waals surface area contributed by atoms with E-state index in [4.69, 9.17) is 0 Å². The van der Waals surface area contributed by atoms with Crippen molar-refractivity contribution in [3.8, 4) is 0 Å². The average molecular weight is 229 g/mol. The molecule has 2 bridgehead atoms. The lowest BCUT2D eigenvalue weighted by Crippen LogP contribution is -2.44. The Labute approximate surface area is 103 Å². The first kappa shape index (κ1) is 10.8. The SMILES string of the molecule is CC(=O)N1C2CCC1CC(c1ccccc1)C2. The van der Waals surface area contributed by atoms with E-state index in [0.29, 0.717) is 18.0 Å². The van der Waals surface area contributed by atoms with Crippen molar-refractivity contribution in [2.75, 3.05) is 0 Å². The summed E-state index contributed by atoms with van der Waals surface area (Å²) < 4.78 is 0. The minimum Gasteiger partial charge on any atom is -0.337 e. The van der Waals surface area contributed by atoms with E-state index >= 15 is 0 Å². The highest BCUT2D eigenvalue weighted by Gasteiger charge is 2.42. The highest BCUT2D eigenvalue weighted by molar-refractivity contribution is 5.74. The van der Waals surface area contributed by atoms with Crippen LogP contribution in [-0.2, 0) is 4.79 Å². The molecule has 3 rings (SSSR count). The zero-order valence-electron chi connectivity index (χ0n) is 10.3. The van der Waals surface area contributed by atoms with Gasteiger partial charge in [-0.05, 0) is 37.2 Å². The summed E-state index contributed by atoms with van der Waals surface area (Å²) in [5, 5.41) is 0. The third-order valence-corrected chi connectivity index (χ3v) is 4.37. The van der Waals surface area contributed by atoms with E-state index < -0.39 is 0 Å². The molecule has 0 radical (unpaired) electrons. The maximum absolute atomic E-state index is 11.6. The summed E-state index contributed by atoms with van der Waals surface area (Å²) in [5.41, 5.74) is 1.45. The minimum absolute atomic E-state index is 0.268. The van der Waals surface area contributed by atoms with Crippen LogP contribution in [0.2, 0.25) is 0 Å². The Bertz CT molecular complexity index is 400. The van der Waals surface area contributed by atoms with Crippen molar-refractivity contribution in [2.45, 2.75) is 50.6 Å². The highest BCUT2D eigenvalue weighted by atomic mass is 16.2. The zero-order chi connectivity index (χ0) is 11.8. The summed E-state index contributed by atoms with van der Waals surface area (Å²) in [5.74, 6) is 0.924. The van der Waals surface area contributed by atoms with Crippen molar-refractivity contribution in [1.29, 1.82) is 0 Å². The first-order valence-corrected chi connectivity index (χ1v) is 6.59. The van der Waals surface area contributed by atoms with Gasteiger partial charge in [-0.1, -0.05) is 30.3 Å². The molecule has 2 aliphatic rings. The number of fused-ring (bicyclic) bond motifs is 2. The van der Waals surface area contributed by atoms with Gasteiger partial charge < -0.3 is 4.90 Å². The number of hydrogen-bond donors (Lipinski definition) is 0. The minimum atomic E-state index is 0.268. The molecule has 2 heterocycles. The second-order valence-electron chi connectivity index (χ2n) is 5.39. The lowest BCUT2D eigenvalue weighted by atomic mass is 9.85. The molecule has 17 heavy (non-hydrogen) atoms. The Morgan fingerprint density at radius 2 is 1.71 bits per heavy atom. The van der Waals surface area contributed by atoms with Gasteiger partial charge in [0.05, 0.1) is 0 Å². The van der Waals surface area contributed by atoms with Crippen molar-refractivity contribution >= 4 is 5.91 Å². The van der Waals surface area contributed by atoms with Crippen LogP contribution < -0.4 is 0 Å². The van der Waals surface area contributed by atoms with Gasteiger partial charge in [-0.3, -0.25) is 4.79 Å². The van der Waals surface area contributed by atoms with Crippen LogP contribution in [0.25, 0.3) is 0 Å². The van der Waals surface area contributed by atoms with Crippen LogP contribution in [0, 0.1) is 0 Å². The molecule has 2 fully saturated rings. The number of carbonyl (C=O) groups is 1. The van der Waals surface area contributed by atoms with Crippen LogP contribution >= 0.6 is 0 Å². The third-order valence-electron chi connectivity index (χ3n) is 4.37. The van der Waals surface area contributed by atoms with Gasteiger partial charge in [0.2, 0.25) is 5.91 Å². The molecule has 0 aromatic heterocycles. The van der Waals surface area contributed by atoms with Crippen molar-refractivity contribution in [2.24, 2.45) is 0 Å². The predicted molar refractivity (Wildman–Crippen MR) is 67.7 cm³/mol. The van der Waals surface area contributed by atoms with Crippen molar-refractivity contribution in [1.82, 2.24) is 4.90 Å². The Hall–Kier alpha value is -1.31.